The first kappa shape index (κ1) is 17.5. The van der Waals surface area contributed by atoms with E-state index in [1.54, 1.807) is 6.07 Å². The standard InChI is InChI=1S/C17H21N3O2.ClH/c21-16(6-5-12-7-8-18-10-12)19-11-13-9-17(22)20-15-4-2-1-3-14(13)15;/h1-4,9,12,18H,5-8,10-11H2,(H,19,21)(H,20,22);1H. The van der Waals surface area contributed by atoms with Crippen molar-refractivity contribution in [1.82, 2.24) is 15.6 Å². The van der Waals surface area contributed by atoms with Crippen LogP contribution in [-0.4, -0.2) is 24.0 Å². The fraction of sp³-hybridized carbons (Fsp3) is 0.412. The van der Waals surface area contributed by atoms with E-state index in [1.165, 1.54) is 0 Å². The molecule has 1 aliphatic heterocycles. The molecule has 0 radical (unpaired) electrons. The highest BCUT2D eigenvalue weighted by molar-refractivity contribution is 5.85. The molecule has 1 fully saturated rings. The number of aromatic amines is 1. The van der Waals surface area contributed by atoms with Gasteiger partial charge in [0.15, 0.2) is 0 Å². The second-order valence-corrected chi connectivity index (χ2v) is 5.88. The number of fused-ring (bicyclic) bond motifs is 1. The van der Waals surface area contributed by atoms with E-state index in [0.29, 0.717) is 18.9 Å². The van der Waals surface area contributed by atoms with Crippen LogP contribution in [0.3, 0.4) is 0 Å². The van der Waals surface area contributed by atoms with Gasteiger partial charge in [0.1, 0.15) is 0 Å². The largest absolute Gasteiger partial charge is 0.352 e. The molecule has 0 spiro atoms. The number of hydrogen-bond donors (Lipinski definition) is 3. The highest BCUT2D eigenvalue weighted by Gasteiger charge is 2.15. The maximum absolute atomic E-state index is 12.0. The van der Waals surface area contributed by atoms with Gasteiger partial charge in [-0.05, 0) is 43.5 Å². The smallest absolute Gasteiger partial charge is 0.248 e. The van der Waals surface area contributed by atoms with Crippen molar-refractivity contribution < 1.29 is 4.79 Å². The third-order valence-electron chi connectivity index (χ3n) is 4.25. The molecule has 1 saturated heterocycles. The summed E-state index contributed by atoms with van der Waals surface area (Å²) in [5.74, 6) is 0.669. The molecule has 2 aromatic rings. The molecule has 0 bridgehead atoms. The second kappa shape index (κ2) is 8.13. The van der Waals surface area contributed by atoms with Gasteiger partial charge in [-0.3, -0.25) is 9.59 Å². The lowest BCUT2D eigenvalue weighted by molar-refractivity contribution is -0.121. The maximum Gasteiger partial charge on any atom is 0.248 e. The summed E-state index contributed by atoms with van der Waals surface area (Å²) in [5.41, 5.74) is 1.52. The Labute approximate surface area is 141 Å². The molecule has 1 atom stereocenters. The molecular weight excluding hydrogens is 314 g/mol. The van der Waals surface area contributed by atoms with Crippen LogP contribution in [0.25, 0.3) is 10.9 Å². The van der Waals surface area contributed by atoms with Gasteiger partial charge in [-0.25, -0.2) is 0 Å². The number of amides is 1. The quantitative estimate of drug-likeness (QED) is 0.782. The number of H-pyrrole nitrogens is 1. The molecule has 1 aromatic carbocycles. The van der Waals surface area contributed by atoms with E-state index in [-0.39, 0.29) is 23.9 Å². The summed E-state index contributed by atoms with van der Waals surface area (Å²) < 4.78 is 0. The van der Waals surface area contributed by atoms with E-state index < -0.39 is 0 Å². The zero-order valence-corrected chi connectivity index (χ0v) is 13.7. The van der Waals surface area contributed by atoms with Crippen molar-refractivity contribution in [1.29, 1.82) is 0 Å². The van der Waals surface area contributed by atoms with Crippen LogP contribution in [0.1, 0.15) is 24.8 Å². The van der Waals surface area contributed by atoms with Gasteiger partial charge >= 0.3 is 0 Å². The Balaban J connectivity index is 0.00000192. The summed E-state index contributed by atoms with van der Waals surface area (Å²) in [7, 11) is 0. The minimum atomic E-state index is -0.139. The number of carbonyl (C=O) groups excluding carboxylic acids is 1. The van der Waals surface area contributed by atoms with Crippen molar-refractivity contribution in [2.24, 2.45) is 5.92 Å². The van der Waals surface area contributed by atoms with Crippen molar-refractivity contribution in [3.8, 4) is 0 Å². The third kappa shape index (κ3) is 4.56. The Hall–Kier alpha value is -1.85. The number of pyridine rings is 1. The van der Waals surface area contributed by atoms with Gasteiger partial charge in [0.25, 0.3) is 0 Å². The lowest BCUT2D eigenvalue weighted by atomic mass is 10.0. The van der Waals surface area contributed by atoms with E-state index in [9.17, 15) is 9.59 Å². The molecule has 6 heteroatoms. The topological polar surface area (TPSA) is 74.0 Å². The molecule has 3 rings (SSSR count). The highest BCUT2D eigenvalue weighted by atomic mass is 35.5. The number of halogens is 1. The van der Waals surface area contributed by atoms with Crippen molar-refractivity contribution in [3.05, 3.63) is 46.2 Å². The molecule has 0 aliphatic carbocycles. The van der Waals surface area contributed by atoms with Crippen molar-refractivity contribution in [2.45, 2.75) is 25.8 Å². The second-order valence-electron chi connectivity index (χ2n) is 5.88. The van der Waals surface area contributed by atoms with E-state index in [2.05, 4.69) is 15.6 Å². The summed E-state index contributed by atoms with van der Waals surface area (Å²) in [6.45, 7) is 2.48. The number of aromatic nitrogens is 1. The molecule has 124 valence electrons. The minimum absolute atomic E-state index is 0. The summed E-state index contributed by atoms with van der Waals surface area (Å²) in [5, 5.41) is 7.21. The van der Waals surface area contributed by atoms with Crippen LogP contribution in [0, 0.1) is 5.92 Å². The SMILES string of the molecule is Cl.O=C(CCC1CCNC1)NCc1cc(=O)[nH]c2ccccc12. The molecule has 2 heterocycles. The molecule has 1 amide bonds. The Bertz CT molecular complexity index is 723. The van der Waals surface area contributed by atoms with Crippen LogP contribution in [0.4, 0.5) is 0 Å². The Morgan fingerprint density at radius 2 is 2.13 bits per heavy atom. The lowest BCUT2D eigenvalue weighted by Gasteiger charge is -2.10. The number of carbonyl (C=O) groups is 1. The molecule has 0 saturated carbocycles. The average molecular weight is 336 g/mol. The summed E-state index contributed by atoms with van der Waals surface area (Å²) in [4.78, 5) is 26.5. The minimum Gasteiger partial charge on any atom is -0.352 e. The third-order valence-corrected chi connectivity index (χ3v) is 4.25. The van der Waals surface area contributed by atoms with Gasteiger partial charge in [-0.15, -0.1) is 12.4 Å². The first-order valence-corrected chi connectivity index (χ1v) is 7.81. The summed E-state index contributed by atoms with van der Waals surface area (Å²) in [6, 6.07) is 9.20. The van der Waals surface area contributed by atoms with Crippen LogP contribution in [0.2, 0.25) is 0 Å². The number of hydrogen-bond acceptors (Lipinski definition) is 3. The predicted octanol–water partition coefficient (Wildman–Crippen LogP) is 1.96. The first-order valence-electron chi connectivity index (χ1n) is 7.81. The van der Waals surface area contributed by atoms with Gasteiger partial charge in [0, 0.05) is 29.9 Å². The van der Waals surface area contributed by atoms with Gasteiger partial charge < -0.3 is 15.6 Å². The van der Waals surface area contributed by atoms with Crippen molar-refractivity contribution in [2.75, 3.05) is 13.1 Å². The van der Waals surface area contributed by atoms with Gasteiger partial charge in [-0.1, -0.05) is 18.2 Å². The molecule has 1 unspecified atom stereocenters. The summed E-state index contributed by atoms with van der Waals surface area (Å²) >= 11 is 0. The van der Waals surface area contributed by atoms with Gasteiger partial charge in [0.2, 0.25) is 11.5 Å². The van der Waals surface area contributed by atoms with Crippen LogP contribution < -0.4 is 16.2 Å². The summed E-state index contributed by atoms with van der Waals surface area (Å²) in [6.07, 6.45) is 2.63. The zero-order valence-electron chi connectivity index (χ0n) is 12.9. The van der Waals surface area contributed by atoms with Crippen LogP contribution in [0.5, 0.6) is 0 Å². The highest BCUT2D eigenvalue weighted by Crippen LogP contribution is 2.15. The normalized spacial score (nSPS) is 17.0. The van der Waals surface area contributed by atoms with Crippen LogP contribution >= 0.6 is 12.4 Å². The predicted molar refractivity (Wildman–Crippen MR) is 93.9 cm³/mol. The molecule has 23 heavy (non-hydrogen) atoms. The molecule has 5 nitrogen and oxygen atoms in total. The fourth-order valence-electron chi connectivity index (χ4n) is 3.00. The number of rotatable bonds is 5. The number of para-hydroxylation sites is 1. The first-order chi connectivity index (χ1) is 10.7. The number of benzene rings is 1. The van der Waals surface area contributed by atoms with E-state index in [0.717, 1.165) is 42.4 Å². The molecular formula is C17H22ClN3O2. The van der Waals surface area contributed by atoms with Crippen molar-refractivity contribution >= 4 is 29.2 Å². The number of nitrogens with one attached hydrogen (secondary N) is 3. The van der Waals surface area contributed by atoms with Crippen LogP contribution in [-0.2, 0) is 11.3 Å². The van der Waals surface area contributed by atoms with E-state index in [1.807, 2.05) is 24.3 Å². The van der Waals surface area contributed by atoms with Crippen molar-refractivity contribution in [3.63, 3.8) is 0 Å². The Morgan fingerprint density at radius 3 is 2.91 bits per heavy atom. The average Bonchev–Trinajstić information content (AvgIpc) is 3.04. The van der Waals surface area contributed by atoms with E-state index in [4.69, 9.17) is 0 Å². The van der Waals surface area contributed by atoms with Gasteiger partial charge in [-0.2, -0.15) is 0 Å². The maximum atomic E-state index is 12.0. The van der Waals surface area contributed by atoms with Gasteiger partial charge in [0.05, 0.1) is 0 Å². The molecule has 1 aliphatic rings. The van der Waals surface area contributed by atoms with Crippen LogP contribution in [0.15, 0.2) is 35.1 Å². The molecule has 3 N–H and O–H groups in total. The van der Waals surface area contributed by atoms with E-state index >= 15 is 0 Å². The fourth-order valence-corrected chi connectivity index (χ4v) is 3.00. The monoisotopic (exact) mass is 335 g/mol. The molecule has 1 aromatic heterocycles. The Morgan fingerprint density at radius 1 is 1.30 bits per heavy atom. The zero-order chi connectivity index (χ0) is 15.4. The lowest BCUT2D eigenvalue weighted by Crippen LogP contribution is -2.24. The Kier molecular flexibility index (Phi) is 6.19.